The minimum Gasteiger partial charge on any atom is -0.444 e. The molecule has 2 heterocycles. The standard InChI is InChI=1S/C15H21NO2/c1-5-11-7-6-8-12-9-10-13(11)16(12)14(17)18-15(2,3)4/h1,7,12-13H,6,8-10H2,2-4H3/t12-,13?/m0/s1. The smallest absolute Gasteiger partial charge is 0.411 e. The average Bonchev–Trinajstić information content (AvgIpc) is 2.53. The van der Waals surface area contributed by atoms with Crippen LogP contribution in [0.25, 0.3) is 0 Å². The molecule has 0 aliphatic carbocycles. The fourth-order valence-corrected chi connectivity index (χ4v) is 2.79. The minimum atomic E-state index is -0.456. The first-order valence-electron chi connectivity index (χ1n) is 6.60. The van der Waals surface area contributed by atoms with Crippen LogP contribution >= 0.6 is 0 Å². The van der Waals surface area contributed by atoms with Crippen LogP contribution in [0.3, 0.4) is 0 Å². The van der Waals surface area contributed by atoms with Gasteiger partial charge in [0.2, 0.25) is 0 Å². The minimum absolute atomic E-state index is 0.0531. The SMILES string of the molecule is C#CC1=CCC[C@H]2CCC1N2C(=O)OC(C)(C)C. The van der Waals surface area contributed by atoms with Crippen molar-refractivity contribution >= 4 is 6.09 Å². The second-order valence-corrected chi connectivity index (χ2v) is 6.02. The van der Waals surface area contributed by atoms with Crippen molar-refractivity contribution in [3.8, 4) is 12.3 Å². The summed E-state index contributed by atoms with van der Waals surface area (Å²) in [7, 11) is 0. The van der Waals surface area contributed by atoms with Crippen LogP contribution in [0, 0.1) is 12.3 Å². The lowest BCUT2D eigenvalue weighted by Crippen LogP contribution is -2.44. The predicted octanol–water partition coefficient (Wildman–Crippen LogP) is 3.11. The number of ether oxygens (including phenoxy) is 1. The van der Waals surface area contributed by atoms with E-state index in [-0.39, 0.29) is 18.2 Å². The maximum absolute atomic E-state index is 12.3. The van der Waals surface area contributed by atoms with Gasteiger partial charge in [-0.05, 0) is 46.5 Å². The van der Waals surface area contributed by atoms with Crippen molar-refractivity contribution < 1.29 is 9.53 Å². The second kappa shape index (κ2) is 4.68. The topological polar surface area (TPSA) is 29.5 Å². The zero-order valence-electron chi connectivity index (χ0n) is 11.4. The number of rotatable bonds is 0. The fraction of sp³-hybridized carbons (Fsp3) is 0.667. The van der Waals surface area contributed by atoms with Gasteiger partial charge in [-0.1, -0.05) is 12.0 Å². The van der Waals surface area contributed by atoms with E-state index < -0.39 is 5.60 Å². The Kier molecular flexibility index (Phi) is 3.38. The van der Waals surface area contributed by atoms with Crippen LogP contribution in [0.15, 0.2) is 11.6 Å². The van der Waals surface area contributed by atoms with Crippen LogP contribution in [0.5, 0.6) is 0 Å². The molecule has 2 rings (SSSR count). The molecule has 0 saturated carbocycles. The molecule has 1 unspecified atom stereocenters. The molecule has 0 radical (unpaired) electrons. The van der Waals surface area contributed by atoms with Gasteiger partial charge < -0.3 is 4.74 Å². The number of hydrogen-bond acceptors (Lipinski definition) is 2. The van der Waals surface area contributed by atoms with E-state index >= 15 is 0 Å². The Morgan fingerprint density at radius 2 is 2.17 bits per heavy atom. The molecule has 1 fully saturated rings. The van der Waals surface area contributed by atoms with Crippen molar-refractivity contribution in [1.82, 2.24) is 4.90 Å². The monoisotopic (exact) mass is 247 g/mol. The number of carbonyl (C=O) groups is 1. The third kappa shape index (κ3) is 2.53. The van der Waals surface area contributed by atoms with Crippen molar-refractivity contribution in [3.05, 3.63) is 11.6 Å². The number of fused-ring (bicyclic) bond motifs is 2. The van der Waals surface area contributed by atoms with Crippen molar-refractivity contribution in [2.24, 2.45) is 0 Å². The zero-order chi connectivity index (χ0) is 13.3. The lowest BCUT2D eigenvalue weighted by atomic mass is 10.0. The summed E-state index contributed by atoms with van der Waals surface area (Å²) in [5.74, 6) is 2.73. The van der Waals surface area contributed by atoms with Gasteiger partial charge in [-0.2, -0.15) is 0 Å². The first-order valence-corrected chi connectivity index (χ1v) is 6.60. The Bertz CT molecular complexity index is 411. The summed E-state index contributed by atoms with van der Waals surface area (Å²) in [5.41, 5.74) is 0.490. The van der Waals surface area contributed by atoms with Crippen molar-refractivity contribution in [2.75, 3.05) is 0 Å². The lowest BCUT2D eigenvalue weighted by molar-refractivity contribution is 0.0175. The Hall–Kier alpha value is -1.43. The van der Waals surface area contributed by atoms with Crippen LogP contribution in [-0.4, -0.2) is 28.7 Å². The number of amides is 1. The Morgan fingerprint density at radius 3 is 2.78 bits per heavy atom. The predicted molar refractivity (Wildman–Crippen MR) is 71.0 cm³/mol. The zero-order valence-corrected chi connectivity index (χ0v) is 11.4. The van der Waals surface area contributed by atoms with Crippen LogP contribution in [0.4, 0.5) is 4.79 Å². The molecule has 1 amide bonds. The third-order valence-corrected chi connectivity index (χ3v) is 3.50. The first kappa shape index (κ1) is 13.0. The van der Waals surface area contributed by atoms with Crippen LogP contribution in [0.1, 0.15) is 46.5 Å². The lowest BCUT2D eigenvalue weighted by Gasteiger charge is -2.31. The molecular formula is C15H21NO2. The van der Waals surface area contributed by atoms with Crippen LogP contribution in [0.2, 0.25) is 0 Å². The van der Waals surface area contributed by atoms with E-state index in [4.69, 9.17) is 11.2 Å². The summed E-state index contributed by atoms with van der Waals surface area (Å²) in [6, 6.07) is 0.337. The Labute approximate surface area is 109 Å². The Balaban J connectivity index is 2.20. The summed E-state index contributed by atoms with van der Waals surface area (Å²) in [5, 5.41) is 0. The molecule has 3 heteroatoms. The quantitative estimate of drug-likeness (QED) is 0.616. The molecule has 2 bridgehead atoms. The number of allylic oxidation sites excluding steroid dienone is 1. The largest absolute Gasteiger partial charge is 0.444 e. The van der Waals surface area contributed by atoms with Crippen molar-refractivity contribution in [3.63, 3.8) is 0 Å². The van der Waals surface area contributed by atoms with E-state index in [0.29, 0.717) is 0 Å². The van der Waals surface area contributed by atoms with Gasteiger partial charge in [0.05, 0.1) is 6.04 Å². The Morgan fingerprint density at radius 1 is 1.44 bits per heavy atom. The highest BCUT2D eigenvalue weighted by atomic mass is 16.6. The molecule has 0 spiro atoms. The third-order valence-electron chi connectivity index (χ3n) is 3.50. The van der Waals surface area contributed by atoms with E-state index in [0.717, 1.165) is 31.3 Å². The molecule has 0 aromatic rings. The number of terminal acetylenes is 1. The fourth-order valence-electron chi connectivity index (χ4n) is 2.79. The van der Waals surface area contributed by atoms with Gasteiger partial charge in [0.15, 0.2) is 0 Å². The van der Waals surface area contributed by atoms with Gasteiger partial charge in [-0.15, -0.1) is 6.42 Å². The molecule has 1 saturated heterocycles. The highest BCUT2D eigenvalue weighted by Gasteiger charge is 2.41. The molecule has 18 heavy (non-hydrogen) atoms. The van der Waals surface area contributed by atoms with E-state index in [2.05, 4.69) is 12.0 Å². The van der Waals surface area contributed by atoms with Crippen LogP contribution in [-0.2, 0) is 4.74 Å². The highest BCUT2D eigenvalue weighted by Crippen LogP contribution is 2.35. The van der Waals surface area contributed by atoms with Gasteiger partial charge in [0.25, 0.3) is 0 Å². The van der Waals surface area contributed by atoms with Gasteiger partial charge in [-0.25, -0.2) is 4.79 Å². The summed E-state index contributed by atoms with van der Waals surface area (Å²) >= 11 is 0. The maximum atomic E-state index is 12.3. The molecule has 2 aliphatic heterocycles. The molecule has 0 N–H and O–H groups in total. The van der Waals surface area contributed by atoms with E-state index in [1.54, 1.807) is 0 Å². The number of nitrogens with zero attached hydrogens (tertiary/aromatic N) is 1. The highest BCUT2D eigenvalue weighted by molar-refractivity contribution is 5.70. The van der Waals surface area contributed by atoms with E-state index in [1.165, 1.54) is 0 Å². The van der Waals surface area contributed by atoms with E-state index in [9.17, 15) is 4.79 Å². The van der Waals surface area contributed by atoms with Gasteiger partial charge >= 0.3 is 6.09 Å². The summed E-state index contributed by atoms with van der Waals surface area (Å²) < 4.78 is 5.50. The average molecular weight is 247 g/mol. The van der Waals surface area contributed by atoms with Crippen molar-refractivity contribution in [1.29, 1.82) is 0 Å². The maximum Gasteiger partial charge on any atom is 0.411 e. The molecular weight excluding hydrogens is 226 g/mol. The molecule has 2 atom stereocenters. The molecule has 2 aliphatic rings. The van der Waals surface area contributed by atoms with E-state index in [1.807, 2.05) is 25.7 Å². The second-order valence-electron chi connectivity index (χ2n) is 6.02. The number of carbonyl (C=O) groups excluding carboxylic acids is 1. The van der Waals surface area contributed by atoms with Crippen molar-refractivity contribution in [2.45, 2.75) is 64.1 Å². The summed E-state index contributed by atoms with van der Waals surface area (Å²) in [6.45, 7) is 5.67. The summed E-state index contributed by atoms with van der Waals surface area (Å²) in [6.07, 6.45) is 11.4. The molecule has 0 aromatic carbocycles. The van der Waals surface area contributed by atoms with Gasteiger partial charge in [0.1, 0.15) is 5.60 Å². The molecule has 0 aromatic heterocycles. The number of hydrogen-bond donors (Lipinski definition) is 0. The van der Waals surface area contributed by atoms with Crippen LogP contribution < -0.4 is 0 Å². The molecule has 3 nitrogen and oxygen atoms in total. The van der Waals surface area contributed by atoms with Gasteiger partial charge in [-0.3, -0.25) is 4.90 Å². The summed E-state index contributed by atoms with van der Waals surface area (Å²) in [4.78, 5) is 14.2. The normalized spacial score (nSPS) is 27.2. The molecule has 98 valence electrons. The van der Waals surface area contributed by atoms with Gasteiger partial charge in [0, 0.05) is 11.6 Å². The first-order chi connectivity index (χ1) is 8.42.